The zero-order valence-electron chi connectivity index (χ0n) is 21.3. The maximum Gasteiger partial charge on any atom is 0.325 e. The van der Waals surface area contributed by atoms with Crippen molar-refractivity contribution in [2.75, 3.05) is 0 Å². The lowest BCUT2D eigenvalue weighted by atomic mass is 9.99. The highest BCUT2D eigenvalue weighted by atomic mass is 16.4. The molecule has 0 aliphatic rings. The van der Waals surface area contributed by atoms with E-state index in [1.807, 2.05) is 6.92 Å². The van der Waals surface area contributed by atoms with E-state index in [9.17, 15) is 33.6 Å². The van der Waals surface area contributed by atoms with Crippen molar-refractivity contribution in [2.24, 2.45) is 11.7 Å². The third-order valence-electron chi connectivity index (χ3n) is 5.60. The Kier molecular flexibility index (Phi) is 14.5. The molecule has 9 N–H and O–H groups in total. The van der Waals surface area contributed by atoms with Gasteiger partial charge in [0.15, 0.2) is 0 Å². The molecule has 15 nitrogen and oxygen atoms in total. The molecule has 37 heavy (non-hydrogen) atoms. The maximum absolute atomic E-state index is 12.9. The first-order valence-corrected chi connectivity index (χ1v) is 11.7. The fourth-order valence-electron chi connectivity index (χ4n) is 2.91. The van der Waals surface area contributed by atoms with Crippen LogP contribution in [0.15, 0.2) is 0 Å². The van der Waals surface area contributed by atoms with Gasteiger partial charge in [-0.3, -0.25) is 33.6 Å². The molecule has 4 amide bonds. The molecule has 0 aromatic carbocycles. The first kappa shape index (κ1) is 33.2. The Labute approximate surface area is 213 Å². The molecular formula is C22H37N5O10. The lowest BCUT2D eigenvalue weighted by Gasteiger charge is -2.25. The Morgan fingerprint density at radius 2 is 1.05 bits per heavy atom. The van der Waals surface area contributed by atoms with Crippen molar-refractivity contribution in [3.8, 4) is 0 Å². The normalized spacial score (nSPS) is 15.6. The van der Waals surface area contributed by atoms with Gasteiger partial charge in [-0.05, 0) is 32.6 Å². The van der Waals surface area contributed by atoms with E-state index in [4.69, 9.17) is 21.1 Å². The average molecular weight is 532 g/mol. The second kappa shape index (κ2) is 16.1. The topological polar surface area (TPSA) is 254 Å². The average Bonchev–Trinajstić information content (AvgIpc) is 2.82. The molecule has 210 valence electrons. The van der Waals surface area contributed by atoms with Gasteiger partial charge in [-0.25, -0.2) is 0 Å². The molecule has 0 aromatic rings. The molecule has 0 fully saturated rings. The number of nitrogens with two attached hydrogens (primary N) is 1. The van der Waals surface area contributed by atoms with Crippen molar-refractivity contribution < 1.29 is 48.9 Å². The van der Waals surface area contributed by atoms with Gasteiger partial charge in [-0.15, -0.1) is 0 Å². The van der Waals surface area contributed by atoms with E-state index in [0.717, 1.165) is 6.92 Å². The van der Waals surface area contributed by atoms with E-state index in [1.54, 1.807) is 6.92 Å². The molecule has 0 aliphatic carbocycles. The Morgan fingerprint density at radius 1 is 0.649 bits per heavy atom. The van der Waals surface area contributed by atoms with Gasteiger partial charge < -0.3 is 42.3 Å². The summed E-state index contributed by atoms with van der Waals surface area (Å²) >= 11 is 0. The quantitative estimate of drug-likeness (QED) is 0.103. The molecule has 15 heteroatoms. The van der Waals surface area contributed by atoms with Crippen molar-refractivity contribution in [3.63, 3.8) is 0 Å². The zero-order valence-corrected chi connectivity index (χ0v) is 21.3. The Bertz CT molecular complexity index is 865. The van der Waals surface area contributed by atoms with E-state index in [0.29, 0.717) is 6.42 Å². The molecule has 0 radical (unpaired) electrons. The summed E-state index contributed by atoms with van der Waals surface area (Å²) in [5.41, 5.74) is 5.85. The van der Waals surface area contributed by atoms with Crippen LogP contribution in [-0.2, 0) is 33.6 Å². The Balaban J connectivity index is 5.56. The third kappa shape index (κ3) is 12.7. The molecular weight excluding hydrogens is 494 g/mol. The first-order chi connectivity index (χ1) is 17.1. The monoisotopic (exact) mass is 531 g/mol. The molecule has 0 aromatic heterocycles. The Hall–Kier alpha value is -3.75. The van der Waals surface area contributed by atoms with E-state index in [2.05, 4.69) is 21.3 Å². The standard InChI is InChI=1S/C22H37N5O10/c1-5-10(2)17(23)21(35)24-11(3)18(32)26-14(7-9-16(30)31)20(34)27-13(6-8-15(28)29)19(33)25-12(4)22(36)37/h10-14,17H,5-9,23H2,1-4H3,(H,24,35)(H,25,33)(H,26,32)(H,27,34)(H,28,29)(H,30,31)(H,36,37)/t10-,11-,12-,13-,14-,17-/m0/s1. The highest BCUT2D eigenvalue weighted by molar-refractivity contribution is 5.95. The SMILES string of the molecule is CC[C@H](C)[C@H](N)C(=O)N[C@@H](C)C(=O)N[C@@H](CCC(=O)O)C(=O)N[C@@H](CCC(=O)O)C(=O)N[C@@H](C)C(=O)O. The van der Waals surface area contributed by atoms with Gasteiger partial charge in [0.05, 0.1) is 6.04 Å². The van der Waals surface area contributed by atoms with E-state index >= 15 is 0 Å². The minimum absolute atomic E-state index is 0.165. The number of hydrogen-bond acceptors (Lipinski definition) is 8. The number of rotatable bonds is 17. The number of carboxylic acid groups (broad SMARTS) is 3. The van der Waals surface area contributed by atoms with Gasteiger partial charge in [0.2, 0.25) is 23.6 Å². The van der Waals surface area contributed by atoms with Crippen LogP contribution in [0.5, 0.6) is 0 Å². The first-order valence-electron chi connectivity index (χ1n) is 11.7. The van der Waals surface area contributed by atoms with Crippen LogP contribution in [0.25, 0.3) is 0 Å². The van der Waals surface area contributed by atoms with Gasteiger partial charge in [-0.1, -0.05) is 20.3 Å². The lowest BCUT2D eigenvalue weighted by molar-refractivity contribution is -0.142. The minimum atomic E-state index is -1.49. The highest BCUT2D eigenvalue weighted by Crippen LogP contribution is 2.07. The van der Waals surface area contributed by atoms with Gasteiger partial charge in [-0.2, -0.15) is 0 Å². The number of hydrogen-bond donors (Lipinski definition) is 8. The summed E-state index contributed by atoms with van der Waals surface area (Å²) in [6.07, 6.45) is -1.27. The van der Waals surface area contributed by atoms with E-state index < -0.39 is 97.4 Å². The third-order valence-corrected chi connectivity index (χ3v) is 5.60. The van der Waals surface area contributed by atoms with E-state index in [1.165, 1.54) is 6.92 Å². The summed E-state index contributed by atoms with van der Waals surface area (Å²) in [5, 5.41) is 36.0. The van der Waals surface area contributed by atoms with Crippen molar-refractivity contribution >= 4 is 41.5 Å². The van der Waals surface area contributed by atoms with Crippen LogP contribution in [0.3, 0.4) is 0 Å². The lowest BCUT2D eigenvalue weighted by Crippen LogP contribution is -2.58. The number of carbonyl (C=O) groups excluding carboxylic acids is 4. The van der Waals surface area contributed by atoms with Crippen LogP contribution in [0.4, 0.5) is 0 Å². The summed E-state index contributed by atoms with van der Waals surface area (Å²) in [6.45, 7) is 6.09. The van der Waals surface area contributed by atoms with Gasteiger partial charge in [0.25, 0.3) is 0 Å². The second-order valence-electron chi connectivity index (χ2n) is 8.70. The molecule has 0 bridgehead atoms. The summed E-state index contributed by atoms with van der Waals surface area (Å²) < 4.78 is 0. The number of aliphatic carboxylic acids is 3. The van der Waals surface area contributed by atoms with Gasteiger partial charge in [0, 0.05) is 12.8 Å². The molecule has 0 saturated carbocycles. The predicted octanol–water partition coefficient (Wildman–Crippen LogP) is -1.85. The van der Waals surface area contributed by atoms with Crippen molar-refractivity contribution in [3.05, 3.63) is 0 Å². The van der Waals surface area contributed by atoms with Crippen LogP contribution < -0.4 is 27.0 Å². The fraction of sp³-hybridized carbons (Fsp3) is 0.682. The second-order valence-corrected chi connectivity index (χ2v) is 8.70. The van der Waals surface area contributed by atoms with Crippen molar-refractivity contribution in [1.82, 2.24) is 21.3 Å². The molecule has 6 atom stereocenters. The number of nitrogens with one attached hydrogen (secondary N) is 4. The Morgan fingerprint density at radius 3 is 1.46 bits per heavy atom. The highest BCUT2D eigenvalue weighted by Gasteiger charge is 2.31. The van der Waals surface area contributed by atoms with Crippen molar-refractivity contribution in [2.45, 2.75) is 90.0 Å². The summed E-state index contributed by atoms with van der Waals surface area (Å²) in [6, 6.07) is -6.33. The van der Waals surface area contributed by atoms with Gasteiger partial charge >= 0.3 is 17.9 Å². The zero-order chi connectivity index (χ0) is 28.9. The van der Waals surface area contributed by atoms with Gasteiger partial charge in [0.1, 0.15) is 24.2 Å². The molecule has 0 heterocycles. The van der Waals surface area contributed by atoms with Crippen LogP contribution in [0.1, 0.15) is 59.8 Å². The van der Waals surface area contributed by atoms with Crippen LogP contribution >= 0.6 is 0 Å². The van der Waals surface area contributed by atoms with E-state index in [-0.39, 0.29) is 5.92 Å². The van der Waals surface area contributed by atoms with Crippen molar-refractivity contribution in [1.29, 1.82) is 0 Å². The summed E-state index contributed by atoms with van der Waals surface area (Å²) in [7, 11) is 0. The smallest absolute Gasteiger partial charge is 0.325 e. The molecule has 0 aliphatic heterocycles. The molecule has 0 spiro atoms. The molecule has 0 unspecified atom stereocenters. The summed E-state index contributed by atoms with van der Waals surface area (Å²) in [5.74, 6) is -7.50. The number of carboxylic acids is 3. The predicted molar refractivity (Wildman–Crippen MR) is 128 cm³/mol. The number of carbonyl (C=O) groups is 7. The largest absolute Gasteiger partial charge is 0.481 e. The fourth-order valence-corrected chi connectivity index (χ4v) is 2.91. The molecule has 0 rings (SSSR count). The molecule has 0 saturated heterocycles. The van der Waals surface area contributed by atoms with Crippen LogP contribution in [0, 0.1) is 5.92 Å². The minimum Gasteiger partial charge on any atom is -0.481 e. The van der Waals surface area contributed by atoms with Crippen LogP contribution in [0.2, 0.25) is 0 Å². The maximum atomic E-state index is 12.9. The number of amides is 4. The van der Waals surface area contributed by atoms with Crippen LogP contribution in [-0.4, -0.2) is 87.1 Å². The summed E-state index contributed by atoms with van der Waals surface area (Å²) in [4.78, 5) is 83.3.